The number of nitrogens with zero attached hydrogens (tertiary/aromatic N) is 2. The molecule has 0 saturated heterocycles. The highest BCUT2D eigenvalue weighted by atomic mass is 32.1. The highest BCUT2D eigenvalue weighted by Crippen LogP contribution is 2.29. The summed E-state index contributed by atoms with van der Waals surface area (Å²) >= 11 is 4.97. The normalized spacial score (nSPS) is 27.8. The van der Waals surface area contributed by atoms with E-state index in [9.17, 15) is 5.11 Å². The molecular weight excluding hydrogens is 246 g/mol. The van der Waals surface area contributed by atoms with Gasteiger partial charge in [-0.25, -0.2) is 9.97 Å². The number of aryl methyl sites for hydroxylation is 1. The Balaban J connectivity index is 2.06. The standard InChI is InChI=1S/C13H19N3OS/c1-9-14-7-10(8-18)12(15-9)16-11-3-5-13(2,17)6-4-11/h7-8,11,17H,3-6H2,1-2H3,(H,14,15,16). The zero-order chi connectivity index (χ0) is 13.2. The van der Waals surface area contributed by atoms with Crippen LogP contribution in [0.2, 0.25) is 0 Å². The van der Waals surface area contributed by atoms with E-state index in [1.807, 2.05) is 13.8 Å². The van der Waals surface area contributed by atoms with Crippen molar-refractivity contribution in [3.8, 4) is 0 Å². The van der Waals surface area contributed by atoms with Crippen LogP contribution >= 0.6 is 12.2 Å². The van der Waals surface area contributed by atoms with Crippen molar-refractivity contribution in [1.82, 2.24) is 9.97 Å². The number of anilines is 1. The Morgan fingerprint density at radius 2 is 2.17 bits per heavy atom. The summed E-state index contributed by atoms with van der Waals surface area (Å²) in [6.07, 6.45) is 5.29. The number of aromatic nitrogens is 2. The molecule has 18 heavy (non-hydrogen) atoms. The maximum absolute atomic E-state index is 9.93. The van der Waals surface area contributed by atoms with Crippen LogP contribution < -0.4 is 5.32 Å². The molecule has 0 spiro atoms. The Bertz CT molecular complexity index is 438. The van der Waals surface area contributed by atoms with E-state index < -0.39 is 5.60 Å². The molecule has 0 amide bonds. The molecule has 2 N–H and O–H groups in total. The van der Waals surface area contributed by atoms with Gasteiger partial charge in [-0.05, 0) is 39.5 Å². The third-order valence-corrected chi connectivity index (χ3v) is 3.72. The van der Waals surface area contributed by atoms with Gasteiger partial charge >= 0.3 is 0 Å². The van der Waals surface area contributed by atoms with Crippen molar-refractivity contribution in [3.05, 3.63) is 17.6 Å². The lowest BCUT2D eigenvalue weighted by molar-refractivity contribution is 0.0196. The number of rotatable bonds is 3. The van der Waals surface area contributed by atoms with Crippen LogP contribution in [-0.4, -0.2) is 32.1 Å². The maximum Gasteiger partial charge on any atom is 0.138 e. The maximum atomic E-state index is 9.93. The molecule has 1 aliphatic rings. The van der Waals surface area contributed by atoms with Crippen LogP contribution in [0.1, 0.15) is 44.0 Å². The monoisotopic (exact) mass is 265 g/mol. The average molecular weight is 265 g/mol. The molecule has 5 heteroatoms. The van der Waals surface area contributed by atoms with Gasteiger partial charge in [0.25, 0.3) is 0 Å². The predicted molar refractivity (Wildman–Crippen MR) is 76.0 cm³/mol. The molecular formula is C13H19N3OS. The topological polar surface area (TPSA) is 58.0 Å². The minimum atomic E-state index is -0.507. The first-order chi connectivity index (χ1) is 8.50. The lowest BCUT2D eigenvalue weighted by Crippen LogP contribution is -2.36. The predicted octanol–water partition coefficient (Wildman–Crippen LogP) is 2.24. The van der Waals surface area contributed by atoms with Crippen LogP contribution in [0, 0.1) is 6.92 Å². The minimum Gasteiger partial charge on any atom is -0.390 e. The van der Waals surface area contributed by atoms with Crippen LogP contribution in [0.4, 0.5) is 5.82 Å². The highest BCUT2D eigenvalue weighted by molar-refractivity contribution is 7.79. The summed E-state index contributed by atoms with van der Waals surface area (Å²) in [5, 5.41) is 14.9. The van der Waals surface area contributed by atoms with E-state index in [1.165, 1.54) is 0 Å². The van der Waals surface area contributed by atoms with E-state index >= 15 is 0 Å². The molecule has 1 aliphatic carbocycles. The fraction of sp³-hybridized carbons (Fsp3) is 0.615. The number of hydrogen-bond donors (Lipinski definition) is 2. The smallest absolute Gasteiger partial charge is 0.138 e. The molecule has 1 heterocycles. The lowest BCUT2D eigenvalue weighted by Gasteiger charge is -2.33. The lowest BCUT2D eigenvalue weighted by atomic mass is 9.83. The van der Waals surface area contributed by atoms with Gasteiger partial charge in [0.1, 0.15) is 11.6 Å². The number of hydrogen-bond acceptors (Lipinski definition) is 5. The van der Waals surface area contributed by atoms with E-state index in [0.29, 0.717) is 6.04 Å². The molecule has 1 saturated carbocycles. The highest BCUT2D eigenvalue weighted by Gasteiger charge is 2.28. The first-order valence-corrected chi connectivity index (χ1v) is 6.75. The Labute approximate surface area is 113 Å². The molecule has 0 bridgehead atoms. The quantitative estimate of drug-likeness (QED) is 0.821. The fourth-order valence-corrected chi connectivity index (χ4v) is 2.43. The van der Waals surface area contributed by atoms with Gasteiger partial charge in [-0.2, -0.15) is 0 Å². The van der Waals surface area contributed by atoms with E-state index in [-0.39, 0.29) is 0 Å². The van der Waals surface area contributed by atoms with Gasteiger partial charge in [0.2, 0.25) is 0 Å². The third kappa shape index (κ3) is 3.23. The summed E-state index contributed by atoms with van der Waals surface area (Å²) in [6.45, 7) is 3.77. The third-order valence-electron chi connectivity index (χ3n) is 3.47. The Morgan fingerprint density at radius 3 is 2.78 bits per heavy atom. The Morgan fingerprint density at radius 1 is 1.50 bits per heavy atom. The molecule has 0 unspecified atom stereocenters. The molecule has 0 aromatic carbocycles. The molecule has 1 fully saturated rings. The summed E-state index contributed by atoms with van der Waals surface area (Å²) in [6, 6.07) is 0.355. The van der Waals surface area contributed by atoms with Crippen molar-refractivity contribution in [1.29, 1.82) is 0 Å². The van der Waals surface area contributed by atoms with Gasteiger partial charge < -0.3 is 10.4 Å². The van der Waals surface area contributed by atoms with Crippen molar-refractivity contribution in [2.75, 3.05) is 5.32 Å². The van der Waals surface area contributed by atoms with E-state index in [1.54, 1.807) is 11.6 Å². The van der Waals surface area contributed by atoms with E-state index in [2.05, 4.69) is 15.3 Å². The molecule has 1 aromatic heterocycles. The zero-order valence-electron chi connectivity index (χ0n) is 10.8. The van der Waals surface area contributed by atoms with Crippen LogP contribution in [-0.2, 0) is 0 Å². The SMILES string of the molecule is Cc1ncc(C=S)c(NC2CCC(C)(O)CC2)n1. The van der Waals surface area contributed by atoms with Crippen molar-refractivity contribution < 1.29 is 5.11 Å². The van der Waals surface area contributed by atoms with Crippen molar-refractivity contribution in [3.63, 3.8) is 0 Å². The zero-order valence-corrected chi connectivity index (χ0v) is 11.6. The summed E-state index contributed by atoms with van der Waals surface area (Å²) < 4.78 is 0. The van der Waals surface area contributed by atoms with Gasteiger partial charge in [0.05, 0.1) is 5.60 Å². The summed E-state index contributed by atoms with van der Waals surface area (Å²) in [5.74, 6) is 1.55. The second kappa shape index (κ2) is 5.28. The van der Waals surface area contributed by atoms with Crippen molar-refractivity contribution in [2.24, 2.45) is 0 Å². The molecule has 1 aromatic rings. The van der Waals surface area contributed by atoms with Gasteiger partial charge in [0.15, 0.2) is 0 Å². The summed E-state index contributed by atoms with van der Waals surface area (Å²) in [7, 11) is 0. The van der Waals surface area contributed by atoms with Gasteiger partial charge in [-0.1, -0.05) is 12.2 Å². The Kier molecular flexibility index (Phi) is 3.92. The van der Waals surface area contributed by atoms with Gasteiger partial charge in [-0.3, -0.25) is 0 Å². The number of nitrogens with one attached hydrogen (secondary N) is 1. The second-order valence-electron chi connectivity index (χ2n) is 5.25. The molecule has 0 radical (unpaired) electrons. The molecule has 4 nitrogen and oxygen atoms in total. The first-order valence-electron chi connectivity index (χ1n) is 6.28. The van der Waals surface area contributed by atoms with E-state index in [4.69, 9.17) is 12.2 Å². The van der Waals surface area contributed by atoms with Crippen LogP contribution in [0.15, 0.2) is 6.20 Å². The van der Waals surface area contributed by atoms with Gasteiger partial charge in [0, 0.05) is 23.2 Å². The molecule has 2 rings (SSSR count). The van der Waals surface area contributed by atoms with Gasteiger partial charge in [-0.15, -0.1) is 0 Å². The molecule has 98 valence electrons. The summed E-state index contributed by atoms with van der Waals surface area (Å²) in [5.41, 5.74) is 0.347. The Hall–Kier alpha value is -1.07. The first kappa shape index (κ1) is 13.4. The number of aliphatic hydroxyl groups is 1. The van der Waals surface area contributed by atoms with E-state index in [0.717, 1.165) is 42.9 Å². The number of thiocarbonyl (C=S) groups is 1. The minimum absolute atomic E-state index is 0.355. The largest absolute Gasteiger partial charge is 0.390 e. The second-order valence-corrected chi connectivity index (χ2v) is 5.49. The summed E-state index contributed by atoms with van der Waals surface area (Å²) in [4.78, 5) is 8.53. The van der Waals surface area contributed by atoms with Crippen LogP contribution in [0.3, 0.4) is 0 Å². The average Bonchev–Trinajstić information content (AvgIpc) is 2.32. The molecule has 0 aliphatic heterocycles. The van der Waals surface area contributed by atoms with Crippen LogP contribution in [0.25, 0.3) is 0 Å². The fourth-order valence-electron chi connectivity index (χ4n) is 2.26. The van der Waals surface area contributed by atoms with Crippen molar-refractivity contribution in [2.45, 2.75) is 51.2 Å². The van der Waals surface area contributed by atoms with Crippen LogP contribution in [0.5, 0.6) is 0 Å². The van der Waals surface area contributed by atoms with Crippen molar-refractivity contribution >= 4 is 23.4 Å². The molecule has 0 atom stereocenters.